The van der Waals surface area contributed by atoms with Gasteiger partial charge in [0, 0.05) is 19.5 Å². The van der Waals surface area contributed by atoms with Gasteiger partial charge in [0.1, 0.15) is 11.7 Å². The molecule has 0 aliphatic carbocycles. The second kappa shape index (κ2) is 10.3. The SMILES string of the molecule is C[C@H](CC(=O)N1CCC(O)(Cn2cnc3c(cnn3-c3cccc(C(F)(F)F)c3)c2=O)CC1)c1ccccc1. The number of amides is 1. The van der Waals surface area contributed by atoms with Crippen LogP contribution in [0.15, 0.2) is 71.9 Å². The molecule has 2 aromatic heterocycles. The number of hydrogen-bond donors (Lipinski definition) is 1. The summed E-state index contributed by atoms with van der Waals surface area (Å²) in [4.78, 5) is 32.0. The van der Waals surface area contributed by atoms with Crippen molar-refractivity contribution in [2.24, 2.45) is 0 Å². The first kappa shape index (κ1) is 26.6. The fraction of sp³-hybridized carbons (Fsp3) is 0.357. The molecule has 0 saturated carbocycles. The third kappa shape index (κ3) is 5.58. The Labute approximate surface area is 222 Å². The van der Waals surface area contributed by atoms with E-state index in [1.807, 2.05) is 37.3 Å². The number of halogens is 3. The van der Waals surface area contributed by atoms with Crippen molar-refractivity contribution < 1.29 is 23.1 Å². The summed E-state index contributed by atoms with van der Waals surface area (Å²) >= 11 is 0. The second-order valence-corrected chi connectivity index (χ2v) is 10.1. The van der Waals surface area contributed by atoms with Crippen molar-refractivity contribution in [2.75, 3.05) is 13.1 Å². The lowest BCUT2D eigenvalue weighted by molar-refractivity contribution is -0.138. The highest BCUT2D eigenvalue weighted by Crippen LogP contribution is 2.31. The summed E-state index contributed by atoms with van der Waals surface area (Å²) in [6, 6.07) is 14.4. The topological polar surface area (TPSA) is 93.2 Å². The van der Waals surface area contributed by atoms with E-state index in [2.05, 4.69) is 10.1 Å². The van der Waals surface area contributed by atoms with E-state index in [1.165, 1.54) is 33.9 Å². The lowest BCUT2D eigenvalue weighted by atomic mass is 9.90. The van der Waals surface area contributed by atoms with Crippen molar-refractivity contribution in [2.45, 2.75) is 50.4 Å². The minimum Gasteiger partial charge on any atom is -0.388 e. The third-order valence-electron chi connectivity index (χ3n) is 7.33. The molecule has 11 heteroatoms. The molecule has 4 aromatic rings. The Morgan fingerprint density at radius 3 is 2.51 bits per heavy atom. The van der Waals surface area contributed by atoms with Crippen LogP contribution in [0.25, 0.3) is 16.7 Å². The van der Waals surface area contributed by atoms with Crippen molar-refractivity contribution >= 4 is 16.9 Å². The largest absolute Gasteiger partial charge is 0.416 e. The summed E-state index contributed by atoms with van der Waals surface area (Å²) in [7, 11) is 0. The molecular formula is C28H28F3N5O3. The Morgan fingerprint density at radius 2 is 1.82 bits per heavy atom. The van der Waals surface area contributed by atoms with Crippen LogP contribution in [-0.4, -0.2) is 53.9 Å². The molecule has 0 bridgehead atoms. The first-order valence-corrected chi connectivity index (χ1v) is 12.7. The number of benzene rings is 2. The van der Waals surface area contributed by atoms with E-state index in [0.717, 1.165) is 17.7 Å². The van der Waals surface area contributed by atoms with E-state index < -0.39 is 22.9 Å². The van der Waals surface area contributed by atoms with E-state index in [1.54, 1.807) is 4.90 Å². The number of nitrogens with zero attached hydrogens (tertiary/aromatic N) is 5. The molecule has 1 atom stereocenters. The number of hydrogen-bond acceptors (Lipinski definition) is 5. The number of alkyl halides is 3. The summed E-state index contributed by atoms with van der Waals surface area (Å²) in [6.45, 7) is 2.73. The van der Waals surface area contributed by atoms with Crippen LogP contribution in [0, 0.1) is 0 Å². The monoisotopic (exact) mass is 539 g/mol. The van der Waals surface area contributed by atoms with Crippen molar-refractivity contribution in [3.8, 4) is 5.69 Å². The fourth-order valence-electron chi connectivity index (χ4n) is 5.00. The molecule has 1 fully saturated rings. The molecular weight excluding hydrogens is 511 g/mol. The highest BCUT2D eigenvalue weighted by atomic mass is 19.4. The normalized spacial score (nSPS) is 16.4. The van der Waals surface area contributed by atoms with E-state index >= 15 is 0 Å². The molecule has 204 valence electrons. The van der Waals surface area contributed by atoms with Gasteiger partial charge in [0.25, 0.3) is 5.56 Å². The Bertz CT molecular complexity index is 1540. The number of likely N-dealkylation sites (tertiary alicyclic amines) is 1. The minimum atomic E-state index is -4.52. The Hall–Kier alpha value is -3.99. The van der Waals surface area contributed by atoms with Gasteiger partial charge in [-0.15, -0.1) is 0 Å². The van der Waals surface area contributed by atoms with Crippen LogP contribution >= 0.6 is 0 Å². The maximum absolute atomic E-state index is 13.2. The Balaban J connectivity index is 1.27. The number of carbonyl (C=O) groups excluding carboxylic acids is 1. The van der Waals surface area contributed by atoms with Crippen LogP contribution < -0.4 is 5.56 Å². The quantitative estimate of drug-likeness (QED) is 0.398. The van der Waals surface area contributed by atoms with Crippen LogP contribution in [-0.2, 0) is 17.5 Å². The number of rotatable bonds is 6. The van der Waals surface area contributed by atoms with Crippen molar-refractivity contribution in [1.29, 1.82) is 0 Å². The molecule has 2 aromatic carbocycles. The summed E-state index contributed by atoms with van der Waals surface area (Å²) < 4.78 is 41.9. The maximum Gasteiger partial charge on any atom is 0.416 e. The second-order valence-electron chi connectivity index (χ2n) is 10.1. The number of carbonyl (C=O) groups is 1. The zero-order valence-electron chi connectivity index (χ0n) is 21.3. The lowest BCUT2D eigenvalue weighted by Gasteiger charge is -2.38. The molecule has 5 rings (SSSR count). The molecule has 0 radical (unpaired) electrons. The molecule has 8 nitrogen and oxygen atoms in total. The van der Waals surface area contributed by atoms with E-state index in [-0.39, 0.29) is 35.1 Å². The molecule has 1 N–H and O–H groups in total. The van der Waals surface area contributed by atoms with Crippen LogP contribution in [0.4, 0.5) is 13.2 Å². The predicted molar refractivity (Wildman–Crippen MR) is 138 cm³/mol. The predicted octanol–water partition coefficient (Wildman–Crippen LogP) is 4.15. The number of aliphatic hydroxyl groups is 1. The minimum absolute atomic E-state index is 0.0219. The van der Waals surface area contributed by atoms with E-state index in [4.69, 9.17) is 0 Å². The standard InChI is InChI=1S/C28H28F3N5O3/c1-19(20-6-3-2-4-7-20)14-24(37)34-12-10-27(39,11-13-34)17-35-18-32-25-23(26(35)38)16-33-36(25)22-9-5-8-21(15-22)28(29,30)31/h2-9,15-16,18-19,39H,10-14,17H2,1H3/t19-/m1/s1. The molecule has 1 amide bonds. The average molecular weight is 540 g/mol. The Morgan fingerprint density at radius 1 is 1.10 bits per heavy atom. The van der Waals surface area contributed by atoms with Gasteiger partial charge < -0.3 is 10.0 Å². The summed E-state index contributed by atoms with van der Waals surface area (Å²) in [6.07, 6.45) is -1.01. The average Bonchev–Trinajstić information content (AvgIpc) is 3.36. The smallest absolute Gasteiger partial charge is 0.388 e. The van der Waals surface area contributed by atoms with Gasteiger partial charge in [-0.2, -0.15) is 18.3 Å². The summed E-state index contributed by atoms with van der Waals surface area (Å²) in [5.41, 5.74) is -1.16. The van der Waals surface area contributed by atoms with Crippen LogP contribution in [0.3, 0.4) is 0 Å². The molecule has 0 unspecified atom stereocenters. The molecule has 1 aliphatic heterocycles. The zero-order chi connectivity index (χ0) is 27.8. The van der Waals surface area contributed by atoms with Crippen LogP contribution in [0.5, 0.6) is 0 Å². The van der Waals surface area contributed by atoms with E-state index in [0.29, 0.717) is 32.4 Å². The highest BCUT2D eigenvalue weighted by molar-refractivity contribution is 5.77. The fourth-order valence-corrected chi connectivity index (χ4v) is 5.00. The molecule has 1 saturated heterocycles. The van der Waals surface area contributed by atoms with Gasteiger partial charge >= 0.3 is 6.18 Å². The van der Waals surface area contributed by atoms with Crippen molar-refractivity contribution in [1.82, 2.24) is 24.2 Å². The summed E-state index contributed by atoms with van der Waals surface area (Å²) in [5.74, 6) is 0.100. The molecule has 0 spiro atoms. The van der Waals surface area contributed by atoms with Gasteiger partial charge in [0.2, 0.25) is 5.91 Å². The molecule has 3 heterocycles. The molecule has 39 heavy (non-hydrogen) atoms. The number of piperidine rings is 1. The van der Waals surface area contributed by atoms with E-state index in [9.17, 15) is 27.9 Å². The maximum atomic E-state index is 13.2. The third-order valence-corrected chi connectivity index (χ3v) is 7.33. The van der Waals surface area contributed by atoms with Crippen molar-refractivity contribution in [3.05, 3.63) is 88.6 Å². The van der Waals surface area contributed by atoms with Crippen LogP contribution in [0.2, 0.25) is 0 Å². The van der Waals surface area contributed by atoms with Gasteiger partial charge in [0.05, 0.1) is 29.6 Å². The van der Waals surface area contributed by atoms with Gasteiger partial charge in [-0.3, -0.25) is 14.2 Å². The van der Waals surface area contributed by atoms with Gasteiger partial charge in [0.15, 0.2) is 5.65 Å². The van der Waals surface area contributed by atoms with Crippen molar-refractivity contribution in [3.63, 3.8) is 0 Å². The van der Waals surface area contributed by atoms with Crippen LogP contribution in [0.1, 0.15) is 43.2 Å². The first-order valence-electron chi connectivity index (χ1n) is 12.7. The van der Waals surface area contributed by atoms with Gasteiger partial charge in [-0.25, -0.2) is 9.67 Å². The van der Waals surface area contributed by atoms with Gasteiger partial charge in [-0.1, -0.05) is 43.3 Å². The number of fused-ring (bicyclic) bond motifs is 1. The van der Waals surface area contributed by atoms with Gasteiger partial charge in [-0.05, 0) is 42.5 Å². The lowest BCUT2D eigenvalue weighted by Crippen LogP contribution is -2.49. The number of aromatic nitrogens is 4. The summed E-state index contributed by atoms with van der Waals surface area (Å²) in [5, 5.41) is 15.4. The zero-order valence-corrected chi connectivity index (χ0v) is 21.3. The molecule has 1 aliphatic rings. The highest BCUT2D eigenvalue weighted by Gasteiger charge is 2.35. The Kier molecular flexibility index (Phi) is 7.02. The first-order chi connectivity index (χ1) is 18.5.